The molecule has 3 rings (SSSR count). The first-order chi connectivity index (χ1) is 9.79. The molecule has 1 aromatic carbocycles. The van der Waals surface area contributed by atoms with Gasteiger partial charge in [0.25, 0.3) is 0 Å². The Morgan fingerprint density at radius 3 is 2.65 bits per heavy atom. The molecular weight excluding hydrogens is 270 g/mol. The average Bonchev–Trinajstić information content (AvgIpc) is 3.01. The molecule has 5 heteroatoms. The third-order valence-electron chi connectivity index (χ3n) is 2.88. The zero-order chi connectivity index (χ0) is 13.9. The van der Waals surface area contributed by atoms with Crippen molar-refractivity contribution in [1.82, 2.24) is 9.97 Å². The summed E-state index contributed by atoms with van der Waals surface area (Å²) in [4.78, 5) is 8.16. The standard InChI is InChI=1S/C15H9N3OS/c16-7-12-11(10-4-2-1-3-5-10)6-13(18-15(12)20)14-8-17-9-19-14/h1-6,8-9H,(H,18,20). The Kier molecular flexibility index (Phi) is 3.23. The van der Waals surface area contributed by atoms with Gasteiger partial charge >= 0.3 is 0 Å². The highest BCUT2D eigenvalue weighted by Gasteiger charge is 2.14. The number of hydrogen-bond donors (Lipinski definition) is 1. The van der Waals surface area contributed by atoms with Crippen LogP contribution in [0.3, 0.4) is 0 Å². The maximum atomic E-state index is 9.31. The molecule has 0 saturated heterocycles. The van der Waals surface area contributed by atoms with E-state index >= 15 is 0 Å². The number of rotatable bonds is 2. The molecule has 20 heavy (non-hydrogen) atoms. The van der Waals surface area contributed by atoms with Gasteiger partial charge in [0.2, 0.25) is 0 Å². The van der Waals surface area contributed by atoms with Crippen LogP contribution in [-0.4, -0.2) is 9.97 Å². The maximum Gasteiger partial charge on any atom is 0.181 e. The molecule has 0 amide bonds. The van der Waals surface area contributed by atoms with Crippen molar-refractivity contribution in [1.29, 1.82) is 5.26 Å². The van der Waals surface area contributed by atoms with Crippen molar-refractivity contribution in [2.45, 2.75) is 5.03 Å². The van der Waals surface area contributed by atoms with Crippen LogP contribution in [0, 0.1) is 11.3 Å². The molecule has 0 aliphatic carbocycles. The van der Waals surface area contributed by atoms with Crippen LogP contribution in [0.25, 0.3) is 22.6 Å². The molecule has 4 nitrogen and oxygen atoms in total. The minimum Gasteiger partial charge on any atom is -0.442 e. The third-order valence-corrected chi connectivity index (χ3v) is 3.21. The molecule has 0 aliphatic heterocycles. The number of nitrogens with zero attached hydrogens (tertiary/aromatic N) is 3. The number of aromatic nitrogens is 2. The first-order valence-electron chi connectivity index (χ1n) is 5.88. The summed E-state index contributed by atoms with van der Waals surface area (Å²) < 4.78 is 5.25. The fourth-order valence-corrected chi connectivity index (χ4v) is 2.23. The zero-order valence-corrected chi connectivity index (χ0v) is 11.2. The van der Waals surface area contributed by atoms with Crippen LogP contribution >= 0.6 is 12.6 Å². The van der Waals surface area contributed by atoms with E-state index < -0.39 is 0 Å². The summed E-state index contributed by atoms with van der Waals surface area (Å²) in [5, 5.41) is 9.68. The lowest BCUT2D eigenvalue weighted by Gasteiger charge is -2.08. The van der Waals surface area contributed by atoms with E-state index in [1.54, 1.807) is 6.20 Å². The Morgan fingerprint density at radius 2 is 2.00 bits per heavy atom. The Bertz CT molecular complexity index is 777. The van der Waals surface area contributed by atoms with Gasteiger partial charge in [0, 0.05) is 5.56 Å². The summed E-state index contributed by atoms with van der Waals surface area (Å²) in [6, 6.07) is 13.6. The van der Waals surface area contributed by atoms with Crippen molar-refractivity contribution in [3.63, 3.8) is 0 Å². The van der Waals surface area contributed by atoms with Crippen LogP contribution in [0.2, 0.25) is 0 Å². The molecule has 0 N–H and O–H groups in total. The summed E-state index contributed by atoms with van der Waals surface area (Å²) in [5.41, 5.74) is 2.76. The molecule has 0 bridgehead atoms. The van der Waals surface area contributed by atoms with Crippen molar-refractivity contribution < 1.29 is 4.42 Å². The number of nitriles is 1. The van der Waals surface area contributed by atoms with E-state index in [9.17, 15) is 5.26 Å². The zero-order valence-electron chi connectivity index (χ0n) is 10.3. The SMILES string of the molecule is N#Cc1c(-c2ccccc2)cc(-c2cnco2)nc1S. The van der Waals surface area contributed by atoms with Gasteiger partial charge < -0.3 is 4.42 Å². The number of pyridine rings is 1. The van der Waals surface area contributed by atoms with Gasteiger partial charge in [0.15, 0.2) is 12.2 Å². The number of thiol groups is 1. The monoisotopic (exact) mass is 279 g/mol. The molecule has 0 fully saturated rings. The fourth-order valence-electron chi connectivity index (χ4n) is 1.96. The van der Waals surface area contributed by atoms with Gasteiger partial charge in [-0.1, -0.05) is 30.3 Å². The summed E-state index contributed by atoms with van der Waals surface area (Å²) >= 11 is 4.30. The molecule has 96 valence electrons. The highest BCUT2D eigenvalue weighted by Crippen LogP contribution is 2.31. The van der Waals surface area contributed by atoms with Gasteiger partial charge in [-0.3, -0.25) is 0 Å². The van der Waals surface area contributed by atoms with E-state index in [1.807, 2.05) is 36.4 Å². The van der Waals surface area contributed by atoms with E-state index in [2.05, 4.69) is 28.7 Å². The van der Waals surface area contributed by atoms with E-state index in [4.69, 9.17) is 4.42 Å². The molecule has 0 unspecified atom stereocenters. The average molecular weight is 279 g/mol. The van der Waals surface area contributed by atoms with Gasteiger partial charge in [0.05, 0.1) is 11.8 Å². The third kappa shape index (κ3) is 2.17. The van der Waals surface area contributed by atoms with Crippen molar-refractivity contribution in [2.24, 2.45) is 0 Å². The lowest BCUT2D eigenvalue weighted by molar-refractivity contribution is 0.569. The summed E-state index contributed by atoms with van der Waals surface area (Å²) in [5.74, 6) is 0.543. The van der Waals surface area contributed by atoms with Gasteiger partial charge in [-0.25, -0.2) is 9.97 Å². The molecule has 2 aromatic heterocycles. The number of hydrogen-bond acceptors (Lipinski definition) is 5. The minimum atomic E-state index is 0.375. The lowest BCUT2D eigenvalue weighted by atomic mass is 10.0. The summed E-state index contributed by atoms with van der Waals surface area (Å²) in [6.45, 7) is 0. The van der Waals surface area contributed by atoms with Crippen LogP contribution in [0.15, 0.2) is 58.4 Å². The normalized spacial score (nSPS) is 10.2. The number of oxazole rings is 1. The van der Waals surface area contributed by atoms with Crippen molar-refractivity contribution >= 4 is 12.6 Å². The molecule has 3 aromatic rings. The molecule has 0 spiro atoms. The first-order valence-corrected chi connectivity index (χ1v) is 6.32. The quantitative estimate of drug-likeness (QED) is 0.728. The van der Waals surface area contributed by atoms with Gasteiger partial charge in [0.1, 0.15) is 16.8 Å². The minimum absolute atomic E-state index is 0.375. The first kappa shape index (κ1) is 12.5. The van der Waals surface area contributed by atoms with Gasteiger partial charge in [-0.05, 0) is 11.6 Å². The van der Waals surface area contributed by atoms with Gasteiger partial charge in [-0.15, -0.1) is 12.6 Å². The highest BCUT2D eigenvalue weighted by molar-refractivity contribution is 7.80. The van der Waals surface area contributed by atoms with E-state index in [-0.39, 0.29) is 0 Å². The van der Waals surface area contributed by atoms with Crippen LogP contribution in [-0.2, 0) is 0 Å². The highest BCUT2D eigenvalue weighted by atomic mass is 32.1. The predicted molar refractivity (Wildman–Crippen MR) is 77.1 cm³/mol. The van der Waals surface area contributed by atoms with E-state index in [0.29, 0.717) is 22.0 Å². The van der Waals surface area contributed by atoms with Crippen molar-refractivity contribution in [3.8, 4) is 28.7 Å². The Morgan fingerprint density at radius 1 is 1.20 bits per heavy atom. The number of benzene rings is 1. The van der Waals surface area contributed by atoms with Crippen LogP contribution < -0.4 is 0 Å². The summed E-state index contributed by atoms with van der Waals surface area (Å²) in [6.07, 6.45) is 2.92. The Labute approximate surface area is 121 Å². The second-order valence-electron chi connectivity index (χ2n) is 4.10. The topological polar surface area (TPSA) is 62.7 Å². The second kappa shape index (κ2) is 5.19. The van der Waals surface area contributed by atoms with Crippen LogP contribution in [0.5, 0.6) is 0 Å². The molecular formula is C15H9N3OS. The van der Waals surface area contributed by atoms with Crippen LogP contribution in [0.4, 0.5) is 0 Å². The maximum absolute atomic E-state index is 9.31. The Balaban J connectivity index is 2.25. The van der Waals surface area contributed by atoms with E-state index in [0.717, 1.165) is 11.1 Å². The van der Waals surface area contributed by atoms with Crippen molar-refractivity contribution in [3.05, 3.63) is 54.6 Å². The van der Waals surface area contributed by atoms with Crippen LogP contribution in [0.1, 0.15) is 5.56 Å². The predicted octanol–water partition coefficient (Wildman–Crippen LogP) is 3.56. The molecule has 2 heterocycles. The fraction of sp³-hybridized carbons (Fsp3) is 0. The molecule has 0 atom stereocenters. The lowest BCUT2D eigenvalue weighted by Crippen LogP contribution is -1.93. The summed E-state index contributed by atoms with van der Waals surface area (Å²) in [7, 11) is 0. The smallest absolute Gasteiger partial charge is 0.181 e. The van der Waals surface area contributed by atoms with Gasteiger partial charge in [-0.2, -0.15) is 5.26 Å². The molecule has 0 radical (unpaired) electrons. The van der Waals surface area contributed by atoms with E-state index in [1.165, 1.54) is 6.39 Å². The second-order valence-corrected chi connectivity index (χ2v) is 4.52. The molecule has 0 aliphatic rings. The molecule has 0 saturated carbocycles. The Hall–Kier alpha value is -2.58. The van der Waals surface area contributed by atoms with Crippen molar-refractivity contribution in [2.75, 3.05) is 0 Å². The largest absolute Gasteiger partial charge is 0.442 e.